The Morgan fingerprint density at radius 2 is 1.81 bits per heavy atom. The van der Waals surface area contributed by atoms with E-state index in [2.05, 4.69) is 0 Å². The highest BCUT2D eigenvalue weighted by molar-refractivity contribution is 5.96. The minimum atomic E-state index is -0.600. The van der Waals surface area contributed by atoms with Crippen molar-refractivity contribution >= 4 is 23.6 Å². The third-order valence-electron chi connectivity index (χ3n) is 3.62. The standard InChI is InChI=1S/C21H20N2O4/c1-2-23(18-6-4-3-5-7-18)20(24)16-27-21(25)13-10-17-8-11-19(12-9-17)26-15-14-22/h3-13H,2,15-16H2,1H3/b13-10+. The molecular formula is C21H20N2O4. The Morgan fingerprint density at radius 1 is 1.11 bits per heavy atom. The highest BCUT2D eigenvalue weighted by atomic mass is 16.5. The maximum atomic E-state index is 12.3. The van der Waals surface area contributed by atoms with Gasteiger partial charge in [-0.2, -0.15) is 5.26 Å². The monoisotopic (exact) mass is 364 g/mol. The van der Waals surface area contributed by atoms with Crippen LogP contribution in [-0.4, -0.2) is 31.6 Å². The molecule has 0 N–H and O–H groups in total. The molecule has 2 aromatic rings. The molecule has 0 saturated carbocycles. The molecular weight excluding hydrogens is 344 g/mol. The average Bonchev–Trinajstić information content (AvgIpc) is 2.71. The highest BCUT2D eigenvalue weighted by Gasteiger charge is 2.15. The first-order valence-electron chi connectivity index (χ1n) is 8.44. The molecule has 0 aliphatic carbocycles. The van der Waals surface area contributed by atoms with Gasteiger partial charge in [0.1, 0.15) is 11.8 Å². The molecule has 0 aromatic heterocycles. The lowest BCUT2D eigenvalue weighted by Crippen LogP contribution is -2.34. The van der Waals surface area contributed by atoms with Gasteiger partial charge in [0, 0.05) is 18.3 Å². The van der Waals surface area contributed by atoms with Crippen LogP contribution in [0, 0.1) is 11.3 Å². The molecule has 0 aliphatic heterocycles. The maximum absolute atomic E-state index is 12.3. The fourth-order valence-electron chi connectivity index (χ4n) is 2.32. The van der Waals surface area contributed by atoms with Crippen LogP contribution in [0.15, 0.2) is 60.7 Å². The SMILES string of the molecule is CCN(C(=O)COC(=O)/C=C/c1ccc(OCC#N)cc1)c1ccccc1. The summed E-state index contributed by atoms with van der Waals surface area (Å²) in [5.74, 6) is -0.316. The fraction of sp³-hybridized carbons (Fsp3) is 0.190. The first-order chi connectivity index (χ1) is 13.1. The number of carbonyl (C=O) groups is 2. The van der Waals surface area contributed by atoms with E-state index in [0.717, 1.165) is 11.3 Å². The van der Waals surface area contributed by atoms with Crippen LogP contribution in [0.2, 0.25) is 0 Å². The van der Waals surface area contributed by atoms with E-state index in [1.54, 1.807) is 35.2 Å². The zero-order valence-corrected chi connectivity index (χ0v) is 15.0. The molecule has 0 heterocycles. The summed E-state index contributed by atoms with van der Waals surface area (Å²) in [5, 5.41) is 8.47. The minimum absolute atomic E-state index is 0.0205. The summed E-state index contributed by atoms with van der Waals surface area (Å²) in [6.45, 7) is 1.99. The van der Waals surface area contributed by atoms with E-state index in [4.69, 9.17) is 14.7 Å². The lowest BCUT2D eigenvalue weighted by molar-refractivity contribution is -0.142. The molecule has 2 rings (SSSR count). The van der Waals surface area contributed by atoms with Gasteiger partial charge >= 0.3 is 5.97 Å². The number of likely N-dealkylation sites (N-methyl/N-ethyl adjacent to an activating group) is 1. The van der Waals surface area contributed by atoms with Gasteiger partial charge in [-0.05, 0) is 42.8 Å². The van der Waals surface area contributed by atoms with E-state index < -0.39 is 5.97 Å². The Bertz CT molecular complexity index is 824. The number of carbonyl (C=O) groups excluding carboxylic acids is 2. The van der Waals surface area contributed by atoms with Crippen LogP contribution in [-0.2, 0) is 14.3 Å². The maximum Gasteiger partial charge on any atom is 0.331 e. The molecule has 0 aliphatic rings. The number of ether oxygens (including phenoxy) is 2. The summed E-state index contributed by atoms with van der Waals surface area (Å²) in [6, 6.07) is 18.0. The second-order valence-corrected chi connectivity index (χ2v) is 5.43. The van der Waals surface area contributed by atoms with Crippen molar-refractivity contribution in [3.63, 3.8) is 0 Å². The van der Waals surface area contributed by atoms with Crippen molar-refractivity contribution in [3.05, 3.63) is 66.2 Å². The van der Waals surface area contributed by atoms with Gasteiger partial charge in [0.05, 0.1) is 0 Å². The van der Waals surface area contributed by atoms with Gasteiger partial charge < -0.3 is 14.4 Å². The Labute approximate surface area is 158 Å². The summed E-state index contributed by atoms with van der Waals surface area (Å²) in [4.78, 5) is 25.7. The van der Waals surface area contributed by atoms with E-state index >= 15 is 0 Å². The number of hydrogen-bond donors (Lipinski definition) is 0. The molecule has 0 radical (unpaired) electrons. The largest absolute Gasteiger partial charge is 0.479 e. The number of nitriles is 1. The number of amides is 1. The second kappa shape index (κ2) is 10.4. The third kappa shape index (κ3) is 6.33. The summed E-state index contributed by atoms with van der Waals surface area (Å²) in [7, 11) is 0. The Kier molecular flexibility index (Phi) is 7.61. The van der Waals surface area contributed by atoms with Crippen LogP contribution in [0.4, 0.5) is 5.69 Å². The second-order valence-electron chi connectivity index (χ2n) is 5.43. The Morgan fingerprint density at radius 3 is 2.44 bits per heavy atom. The van der Waals surface area contributed by atoms with Gasteiger partial charge in [0.15, 0.2) is 13.2 Å². The van der Waals surface area contributed by atoms with Crippen LogP contribution in [0.1, 0.15) is 12.5 Å². The quantitative estimate of drug-likeness (QED) is 0.531. The van der Waals surface area contributed by atoms with Crippen LogP contribution in [0.5, 0.6) is 5.75 Å². The van der Waals surface area contributed by atoms with Crippen LogP contribution in [0.3, 0.4) is 0 Å². The molecule has 0 spiro atoms. The van der Waals surface area contributed by atoms with Crippen LogP contribution < -0.4 is 9.64 Å². The number of hydrogen-bond acceptors (Lipinski definition) is 5. The van der Waals surface area contributed by atoms with Gasteiger partial charge in [-0.1, -0.05) is 30.3 Å². The van der Waals surface area contributed by atoms with Gasteiger partial charge in [0.2, 0.25) is 0 Å². The molecule has 27 heavy (non-hydrogen) atoms. The number of benzene rings is 2. The van der Waals surface area contributed by atoms with Gasteiger partial charge in [-0.25, -0.2) is 4.79 Å². The first-order valence-corrected chi connectivity index (χ1v) is 8.44. The van der Waals surface area contributed by atoms with Crippen LogP contribution in [0.25, 0.3) is 6.08 Å². The Balaban J connectivity index is 1.85. The van der Waals surface area contributed by atoms with Gasteiger partial charge in [0.25, 0.3) is 5.91 Å². The van der Waals surface area contributed by atoms with Crippen molar-refractivity contribution < 1.29 is 19.1 Å². The minimum Gasteiger partial charge on any atom is -0.479 e. The summed E-state index contributed by atoms with van der Waals surface area (Å²) >= 11 is 0. The molecule has 6 nitrogen and oxygen atoms in total. The predicted molar refractivity (Wildman–Crippen MR) is 102 cm³/mol. The molecule has 2 aromatic carbocycles. The Hall–Kier alpha value is -3.59. The molecule has 1 amide bonds. The topological polar surface area (TPSA) is 79.6 Å². The molecule has 0 unspecified atom stereocenters. The fourth-order valence-corrected chi connectivity index (χ4v) is 2.32. The van der Waals surface area contributed by atoms with E-state index in [-0.39, 0.29) is 19.1 Å². The van der Waals surface area contributed by atoms with Gasteiger partial charge in [-0.3, -0.25) is 4.79 Å². The molecule has 0 saturated heterocycles. The van der Waals surface area contributed by atoms with E-state index in [0.29, 0.717) is 12.3 Å². The normalized spacial score (nSPS) is 10.2. The predicted octanol–water partition coefficient (Wildman–Crippen LogP) is 3.20. The highest BCUT2D eigenvalue weighted by Crippen LogP contribution is 2.14. The lowest BCUT2D eigenvalue weighted by Gasteiger charge is -2.20. The summed E-state index contributed by atoms with van der Waals surface area (Å²) < 4.78 is 10.2. The van der Waals surface area contributed by atoms with Crippen LogP contribution >= 0.6 is 0 Å². The van der Waals surface area contributed by atoms with Crippen molar-refractivity contribution in [2.75, 3.05) is 24.7 Å². The number of rotatable bonds is 8. The number of esters is 1. The number of para-hydroxylation sites is 1. The van der Waals surface area contributed by atoms with E-state index in [1.165, 1.54) is 6.08 Å². The third-order valence-corrected chi connectivity index (χ3v) is 3.62. The van der Waals surface area contributed by atoms with Gasteiger partial charge in [-0.15, -0.1) is 0 Å². The van der Waals surface area contributed by atoms with Crippen molar-refractivity contribution in [3.8, 4) is 11.8 Å². The summed E-state index contributed by atoms with van der Waals surface area (Å²) in [5.41, 5.74) is 1.53. The zero-order chi connectivity index (χ0) is 19.5. The van der Waals surface area contributed by atoms with Crippen molar-refractivity contribution in [1.82, 2.24) is 0 Å². The first kappa shape index (κ1) is 19.7. The summed E-state index contributed by atoms with van der Waals surface area (Å²) in [6.07, 6.45) is 2.84. The average molecular weight is 364 g/mol. The van der Waals surface area contributed by atoms with E-state index in [1.807, 2.05) is 43.3 Å². The number of anilines is 1. The molecule has 138 valence electrons. The van der Waals surface area contributed by atoms with Crippen molar-refractivity contribution in [2.24, 2.45) is 0 Å². The van der Waals surface area contributed by atoms with Crippen molar-refractivity contribution in [2.45, 2.75) is 6.92 Å². The molecule has 0 fully saturated rings. The smallest absolute Gasteiger partial charge is 0.331 e. The number of nitrogens with zero attached hydrogens (tertiary/aromatic N) is 2. The zero-order valence-electron chi connectivity index (χ0n) is 15.0. The van der Waals surface area contributed by atoms with Crippen molar-refractivity contribution in [1.29, 1.82) is 5.26 Å². The molecule has 0 atom stereocenters. The van der Waals surface area contributed by atoms with E-state index in [9.17, 15) is 9.59 Å². The molecule has 0 bridgehead atoms. The lowest BCUT2D eigenvalue weighted by atomic mass is 10.2. The molecule has 6 heteroatoms.